The second-order valence-corrected chi connectivity index (χ2v) is 5.06. The van der Waals surface area contributed by atoms with Crippen LogP contribution in [0.1, 0.15) is 27.2 Å². The van der Waals surface area contributed by atoms with Gasteiger partial charge in [0.15, 0.2) is 6.61 Å². The number of aliphatic carboxylic acids is 1. The van der Waals surface area contributed by atoms with Gasteiger partial charge in [0.05, 0.1) is 0 Å². The van der Waals surface area contributed by atoms with Crippen LogP contribution in [0, 0.1) is 5.92 Å². The Labute approximate surface area is 124 Å². The monoisotopic (exact) mass is 294 g/mol. The summed E-state index contributed by atoms with van der Waals surface area (Å²) in [6.07, 6.45) is 0.868. The van der Waals surface area contributed by atoms with Crippen LogP contribution in [0.2, 0.25) is 0 Å². The number of benzene rings is 1. The number of ether oxygens (including phenoxy) is 1. The Bertz CT molecular complexity index is 471. The molecule has 1 unspecified atom stereocenters. The minimum Gasteiger partial charge on any atom is -0.482 e. The molecule has 0 aliphatic rings. The Morgan fingerprint density at radius 3 is 2.33 bits per heavy atom. The predicted molar refractivity (Wildman–Crippen MR) is 80.6 cm³/mol. The highest BCUT2D eigenvalue weighted by atomic mass is 16.5. The average Bonchev–Trinajstić information content (AvgIpc) is 2.43. The first-order valence-electron chi connectivity index (χ1n) is 6.94. The van der Waals surface area contributed by atoms with E-state index in [2.05, 4.69) is 24.5 Å². The van der Waals surface area contributed by atoms with Crippen molar-refractivity contribution in [2.24, 2.45) is 5.92 Å². The topological polar surface area (TPSA) is 87.7 Å². The second-order valence-electron chi connectivity index (χ2n) is 5.06. The van der Waals surface area contributed by atoms with E-state index in [0.29, 0.717) is 17.4 Å². The zero-order chi connectivity index (χ0) is 15.8. The number of carboxylic acid groups (broad SMARTS) is 1. The van der Waals surface area contributed by atoms with Crippen LogP contribution in [0.5, 0.6) is 5.75 Å². The molecule has 3 N–H and O–H groups in total. The molecule has 2 amide bonds. The molecule has 6 heteroatoms. The Hall–Kier alpha value is -2.24. The summed E-state index contributed by atoms with van der Waals surface area (Å²) in [6, 6.07) is 6.41. The van der Waals surface area contributed by atoms with Crippen molar-refractivity contribution in [3.8, 4) is 5.75 Å². The minimum atomic E-state index is -1.03. The number of hydrogen-bond donors (Lipinski definition) is 3. The highest BCUT2D eigenvalue weighted by Gasteiger charge is 2.13. The van der Waals surface area contributed by atoms with E-state index >= 15 is 0 Å². The Morgan fingerprint density at radius 2 is 1.86 bits per heavy atom. The van der Waals surface area contributed by atoms with Crippen LogP contribution in [0.15, 0.2) is 24.3 Å². The SMILES string of the molecule is CCC(NC(=O)Nc1ccc(OCC(=O)O)cc1)C(C)C. The number of hydrogen-bond acceptors (Lipinski definition) is 3. The van der Waals surface area contributed by atoms with Crippen LogP contribution < -0.4 is 15.4 Å². The first-order chi connectivity index (χ1) is 9.92. The van der Waals surface area contributed by atoms with Crippen LogP contribution in [0.4, 0.5) is 10.5 Å². The molecule has 0 aromatic heterocycles. The van der Waals surface area contributed by atoms with E-state index in [0.717, 1.165) is 6.42 Å². The number of carbonyl (C=O) groups is 2. The van der Waals surface area contributed by atoms with Crippen molar-refractivity contribution in [1.29, 1.82) is 0 Å². The highest BCUT2D eigenvalue weighted by molar-refractivity contribution is 5.89. The van der Waals surface area contributed by atoms with Crippen molar-refractivity contribution in [1.82, 2.24) is 5.32 Å². The molecule has 0 fully saturated rings. The summed E-state index contributed by atoms with van der Waals surface area (Å²) in [6.45, 7) is 5.76. The van der Waals surface area contributed by atoms with E-state index in [1.807, 2.05) is 6.92 Å². The van der Waals surface area contributed by atoms with E-state index in [-0.39, 0.29) is 18.7 Å². The fourth-order valence-electron chi connectivity index (χ4n) is 1.86. The van der Waals surface area contributed by atoms with Crippen molar-refractivity contribution in [3.05, 3.63) is 24.3 Å². The van der Waals surface area contributed by atoms with E-state index in [4.69, 9.17) is 9.84 Å². The molecule has 21 heavy (non-hydrogen) atoms. The molecule has 0 saturated carbocycles. The van der Waals surface area contributed by atoms with Crippen LogP contribution in [0.3, 0.4) is 0 Å². The molecule has 116 valence electrons. The lowest BCUT2D eigenvalue weighted by Crippen LogP contribution is -2.40. The van der Waals surface area contributed by atoms with E-state index in [1.54, 1.807) is 24.3 Å². The van der Waals surface area contributed by atoms with Crippen molar-refractivity contribution in [3.63, 3.8) is 0 Å². The van der Waals surface area contributed by atoms with E-state index in [9.17, 15) is 9.59 Å². The molecule has 0 aliphatic carbocycles. The molecular formula is C15H22N2O4. The van der Waals surface area contributed by atoms with Crippen LogP contribution >= 0.6 is 0 Å². The summed E-state index contributed by atoms with van der Waals surface area (Å²) >= 11 is 0. The summed E-state index contributed by atoms with van der Waals surface area (Å²) in [5.41, 5.74) is 0.619. The van der Waals surface area contributed by atoms with Crippen molar-refractivity contribution >= 4 is 17.7 Å². The predicted octanol–water partition coefficient (Wildman–Crippen LogP) is 2.71. The van der Waals surface area contributed by atoms with Gasteiger partial charge in [-0.25, -0.2) is 9.59 Å². The number of urea groups is 1. The number of amides is 2. The number of nitrogens with one attached hydrogen (secondary N) is 2. The molecule has 0 spiro atoms. The van der Waals surface area contributed by atoms with Gasteiger partial charge in [0.1, 0.15) is 5.75 Å². The number of rotatable bonds is 7. The number of anilines is 1. The maximum atomic E-state index is 11.9. The molecule has 0 bridgehead atoms. The van der Waals surface area contributed by atoms with Gasteiger partial charge in [0, 0.05) is 11.7 Å². The molecule has 0 saturated heterocycles. The van der Waals surface area contributed by atoms with Crippen LogP contribution in [-0.4, -0.2) is 29.8 Å². The summed E-state index contributed by atoms with van der Waals surface area (Å²) in [4.78, 5) is 22.2. The van der Waals surface area contributed by atoms with Gasteiger partial charge in [-0.2, -0.15) is 0 Å². The lowest BCUT2D eigenvalue weighted by molar-refractivity contribution is -0.139. The van der Waals surface area contributed by atoms with Crippen LogP contribution in [-0.2, 0) is 4.79 Å². The molecule has 6 nitrogen and oxygen atoms in total. The number of carbonyl (C=O) groups excluding carboxylic acids is 1. The summed E-state index contributed by atoms with van der Waals surface area (Å²) in [5.74, 6) is -0.222. The highest BCUT2D eigenvalue weighted by Crippen LogP contribution is 2.15. The Kier molecular flexibility index (Phi) is 6.52. The van der Waals surface area contributed by atoms with Gasteiger partial charge in [0.25, 0.3) is 0 Å². The fraction of sp³-hybridized carbons (Fsp3) is 0.467. The normalized spacial score (nSPS) is 11.8. The first-order valence-corrected chi connectivity index (χ1v) is 6.94. The Morgan fingerprint density at radius 1 is 1.24 bits per heavy atom. The van der Waals surface area contributed by atoms with Crippen molar-refractivity contribution in [2.45, 2.75) is 33.2 Å². The molecule has 0 aliphatic heterocycles. The van der Waals surface area contributed by atoms with Crippen molar-refractivity contribution < 1.29 is 19.4 Å². The lowest BCUT2D eigenvalue weighted by Gasteiger charge is -2.20. The summed E-state index contributed by atoms with van der Waals surface area (Å²) < 4.78 is 5.01. The van der Waals surface area contributed by atoms with Gasteiger partial charge in [-0.05, 0) is 36.6 Å². The van der Waals surface area contributed by atoms with Gasteiger partial charge >= 0.3 is 12.0 Å². The maximum Gasteiger partial charge on any atom is 0.341 e. The van der Waals surface area contributed by atoms with E-state index in [1.165, 1.54) is 0 Å². The zero-order valence-corrected chi connectivity index (χ0v) is 12.6. The van der Waals surface area contributed by atoms with Gasteiger partial charge in [-0.15, -0.1) is 0 Å². The van der Waals surface area contributed by atoms with Gasteiger partial charge < -0.3 is 20.5 Å². The maximum absolute atomic E-state index is 11.9. The first kappa shape index (κ1) is 16.8. The average molecular weight is 294 g/mol. The van der Waals surface area contributed by atoms with Gasteiger partial charge in [0.2, 0.25) is 0 Å². The third-order valence-corrected chi connectivity index (χ3v) is 3.04. The third kappa shape index (κ3) is 6.16. The molecule has 1 aromatic rings. The largest absolute Gasteiger partial charge is 0.482 e. The molecular weight excluding hydrogens is 272 g/mol. The van der Waals surface area contributed by atoms with Gasteiger partial charge in [-0.3, -0.25) is 0 Å². The smallest absolute Gasteiger partial charge is 0.341 e. The molecule has 1 rings (SSSR count). The summed E-state index contributed by atoms with van der Waals surface area (Å²) in [7, 11) is 0. The second kappa shape index (κ2) is 8.14. The number of carboxylic acids is 1. The van der Waals surface area contributed by atoms with E-state index < -0.39 is 5.97 Å². The van der Waals surface area contributed by atoms with Crippen LogP contribution in [0.25, 0.3) is 0 Å². The zero-order valence-electron chi connectivity index (χ0n) is 12.6. The Balaban J connectivity index is 2.51. The minimum absolute atomic E-state index is 0.128. The molecule has 1 atom stereocenters. The molecule has 0 heterocycles. The molecule has 1 aromatic carbocycles. The standard InChI is InChI=1S/C15H22N2O4/c1-4-13(10(2)3)17-15(20)16-11-5-7-12(8-6-11)21-9-14(18)19/h5-8,10,13H,4,9H2,1-3H3,(H,18,19)(H2,16,17,20). The third-order valence-electron chi connectivity index (χ3n) is 3.04. The van der Waals surface area contributed by atoms with Crippen molar-refractivity contribution in [2.75, 3.05) is 11.9 Å². The lowest BCUT2D eigenvalue weighted by atomic mass is 10.0. The quantitative estimate of drug-likeness (QED) is 0.721. The van der Waals surface area contributed by atoms with Gasteiger partial charge in [-0.1, -0.05) is 20.8 Å². The molecule has 0 radical (unpaired) electrons. The summed E-state index contributed by atoms with van der Waals surface area (Å²) in [5, 5.41) is 14.2. The fourth-order valence-corrected chi connectivity index (χ4v) is 1.86.